The van der Waals surface area contributed by atoms with Crippen LogP contribution in [-0.4, -0.2) is 20.9 Å². The summed E-state index contributed by atoms with van der Waals surface area (Å²) in [5.41, 5.74) is 9.21. The number of oxazole rings is 1. The fraction of sp³-hybridized carbons (Fsp3) is 0.263. The van der Waals surface area contributed by atoms with Crippen LogP contribution in [0.3, 0.4) is 0 Å². The number of nitrogens with two attached hydrogens (primary N) is 1. The first-order valence-electron chi connectivity index (χ1n) is 8.36. The number of carbonyl (C=O) groups is 1. The summed E-state index contributed by atoms with van der Waals surface area (Å²) in [5, 5.41) is 2.83. The fourth-order valence-electron chi connectivity index (χ4n) is 2.53. The van der Waals surface area contributed by atoms with E-state index in [0.717, 1.165) is 5.56 Å². The van der Waals surface area contributed by atoms with Crippen LogP contribution in [0.25, 0.3) is 11.6 Å². The van der Waals surface area contributed by atoms with Crippen LogP contribution in [0.2, 0.25) is 0 Å². The molecule has 2 aromatic heterocycles. The summed E-state index contributed by atoms with van der Waals surface area (Å²) in [6.07, 6.45) is 2.95. The molecule has 134 valence electrons. The number of aryl methyl sites for hydroxylation is 1. The second kappa shape index (κ2) is 7.35. The van der Waals surface area contributed by atoms with Crippen molar-refractivity contribution in [1.29, 1.82) is 0 Å². The summed E-state index contributed by atoms with van der Waals surface area (Å²) in [6, 6.07) is 8.13. The number of hydrogen-bond acceptors (Lipinski definition) is 6. The fourth-order valence-corrected chi connectivity index (χ4v) is 2.53. The van der Waals surface area contributed by atoms with E-state index in [4.69, 9.17) is 10.2 Å². The van der Waals surface area contributed by atoms with Gasteiger partial charge in [0.25, 0.3) is 5.91 Å². The van der Waals surface area contributed by atoms with Gasteiger partial charge >= 0.3 is 0 Å². The van der Waals surface area contributed by atoms with Gasteiger partial charge < -0.3 is 15.5 Å². The molecular weight excluding hydrogens is 330 g/mol. The van der Waals surface area contributed by atoms with Crippen LogP contribution in [0, 0.1) is 6.92 Å². The van der Waals surface area contributed by atoms with E-state index in [1.807, 2.05) is 12.1 Å². The average molecular weight is 351 g/mol. The molecule has 0 aliphatic carbocycles. The summed E-state index contributed by atoms with van der Waals surface area (Å²) in [5.74, 6) is 0.458. The molecule has 0 unspecified atom stereocenters. The maximum Gasteiger partial charge on any atom is 0.273 e. The van der Waals surface area contributed by atoms with Crippen molar-refractivity contribution in [3.63, 3.8) is 0 Å². The Hall–Kier alpha value is -3.22. The molecule has 3 N–H and O–H groups in total. The second-order valence-electron chi connectivity index (χ2n) is 6.31. The maximum atomic E-state index is 12.4. The van der Waals surface area contributed by atoms with E-state index < -0.39 is 0 Å². The molecular formula is C19H21N5O2. The van der Waals surface area contributed by atoms with Crippen LogP contribution in [0.4, 0.5) is 5.82 Å². The Morgan fingerprint density at radius 1 is 1.23 bits per heavy atom. The number of benzene rings is 1. The largest absolute Gasteiger partial charge is 0.443 e. The molecule has 0 aliphatic heterocycles. The molecule has 0 bridgehead atoms. The van der Waals surface area contributed by atoms with E-state index in [-0.39, 0.29) is 17.4 Å². The number of hydrogen-bond donors (Lipinski definition) is 2. The molecule has 0 saturated carbocycles. The van der Waals surface area contributed by atoms with Crippen LogP contribution in [0.15, 0.2) is 41.1 Å². The molecule has 0 radical (unpaired) electrons. The first kappa shape index (κ1) is 17.6. The Labute approximate surface area is 151 Å². The standard InChI is InChI=1S/C19H21N5O2/c1-11(2)14-6-4-13(5-7-14)10-22-18(25)16-17(20)24-15(12(3)23-16)19-21-8-9-26-19/h4-9,11H,10H2,1-3H3,(H2,20,24)(H,22,25). The molecule has 3 rings (SSSR count). The van der Waals surface area contributed by atoms with Crippen molar-refractivity contribution in [3.05, 3.63) is 59.2 Å². The lowest BCUT2D eigenvalue weighted by molar-refractivity contribution is 0.0946. The number of anilines is 1. The van der Waals surface area contributed by atoms with Gasteiger partial charge in [0.15, 0.2) is 11.5 Å². The van der Waals surface area contributed by atoms with Crippen LogP contribution in [0.5, 0.6) is 0 Å². The van der Waals surface area contributed by atoms with E-state index in [9.17, 15) is 4.79 Å². The number of rotatable bonds is 5. The molecule has 0 fully saturated rings. The SMILES string of the molecule is Cc1nc(C(=O)NCc2ccc(C(C)C)cc2)c(N)nc1-c1ncco1. The Morgan fingerprint density at radius 3 is 2.58 bits per heavy atom. The lowest BCUT2D eigenvalue weighted by Gasteiger charge is -2.10. The van der Waals surface area contributed by atoms with Crippen LogP contribution < -0.4 is 11.1 Å². The van der Waals surface area contributed by atoms with E-state index in [1.54, 1.807) is 6.92 Å². The molecule has 1 aromatic carbocycles. The second-order valence-corrected chi connectivity index (χ2v) is 6.31. The van der Waals surface area contributed by atoms with E-state index in [2.05, 4.69) is 46.2 Å². The van der Waals surface area contributed by atoms with Crippen LogP contribution in [0.1, 0.15) is 47.1 Å². The highest BCUT2D eigenvalue weighted by molar-refractivity contribution is 5.96. The molecule has 7 nitrogen and oxygen atoms in total. The van der Waals surface area contributed by atoms with Gasteiger partial charge in [0, 0.05) is 6.54 Å². The van der Waals surface area contributed by atoms with Crippen molar-refractivity contribution in [2.75, 3.05) is 5.73 Å². The molecule has 0 atom stereocenters. The third-order valence-electron chi connectivity index (χ3n) is 4.05. The van der Waals surface area contributed by atoms with Crippen molar-refractivity contribution in [2.45, 2.75) is 33.2 Å². The predicted octanol–water partition coefficient (Wildman–Crippen LogP) is 3.08. The third-order valence-corrected chi connectivity index (χ3v) is 4.05. The van der Waals surface area contributed by atoms with Gasteiger partial charge in [-0.15, -0.1) is 0 Å². The number of nitrogens with one attached hydrogen (secondary N) is 1. The number of nitrogen functional groups attached to an aromatic ring is 1. The smallest absolute Gasteiger partial charge is 0.273 e. The van der Waals surface area contributed by atoms with Crippen molar-refractivity contribution in [3.8, 4) is 11.6 Å². The molecule has 7 heteroatoms. The van der Waals surface area contributed by atoms with Gasteiger partial charge in [-0.3, -0.25) is 4.79 Å². The average Bonchev–Trinajstić information content (AvgIpc) is 3.16. The Bertz CT molecular complexity index is 902. The zero-order valence-electron chi connectivity index (χ0n) is 15.0. The number of amides is 1. The first-order chi connectivity index (χ1) is 12.5. The normalized spacial score (nSPS) is 10.9. The molecule has 0 spiro atoms. The summed E-state index contributed by atoms with van der Waals surface area (Å²) in [6.45, 7) is 6.40. The summed E-state index contributed by atoms with van der Waals surface area (Å²) >= 11 is 0. The highest BCUT2D eigenvalue weighted by atomic mass is 16.3. The highest BCUT2D eigenvalue weighted by Crippen LogP contribution is 2.21. The minimum absolute atomic E-state index is 0.0384. The van der Waals surface area contributed by atoms with Gasteiger partial charge in [-0.1, -0.05) is 38.1 Å². The zero-order chi connectivity index (χ0) is 18.7. The monoisotopic (exact) mass is 351 g/mol. The summed E-state index contributed by atoms with van der Waals surface area (Å²) in [7, 11) is 0. The highest BCUT2D eigenvalue weighted by Gasteiger charge is 2.18. The number of aromatic nitrogens is 3. The van der Waals surface area contributed by atoms with Crippen molar-refractivity contribution in [2.24, 2.45) is 0 Å². The van der Waals surface area contributed by atoms with Gasteiger partial charge in [0.2, 0.25) is 5.89 Å². The van der Waals surface area contributed by atoms with E-state index in [1.165, 1.54) is 18.0 Å². The van der Waals surface area contributed by atoms with Crippen molar-refractivity contribution < 1.29 is 9.21 Å². The van der Waals surface area contributed by atoms with Crippen LogP contribution in [-0.2, 0) is 6.54 Å². The summed E-state index contributed by atoms with van der Waals surface area (Å²) in [4.78, 5) is 25.0. The topological polar surface area (TPSA) is 107 Å². The van der Waals surface area contributed by atoms with Crippen LogP contribution >= 0.6 is 0 Å². The minimum atomic E-state index is -0.370. The van der Waals surface area contributed by atoms with E-state index >= 15 is 0 Å². The summed E-state index contributed by atoms with van der Waals surface area (Å²) < 4.78 is 5.22. The van der Waals surface area contributed by atoms with Gasteiger partial charge in [-0.2, -0.15) is 0 Å². The number of nitrogens with zero attached hydrogens (tertiary/aromatic N) is 3. The van der Waals surface area contributed by atoms with E-state index in [0.29, 0.717) is 29.7 Å². The van der Waals surface area contributed by atoms with Crippen molar-refractivity contribution >= 4 is 11.7 Å². The van der Waals surface area contributed by atoms with Gasteiger partial charge in [-0.25, -0.2) is 15.0 Å². The number of carbonyl (C=O) groups excluding carboxylic acids is 1. The Morgan fingerprint density at radius 2 is 1.96 bits per heavy atom. The quantitative estimate of drug-likeness (QED) is 0.731. The molecule has 0 aliphatic rings. The predicted molar refractivity (Wildman–Crippen MR) is 98.4 cm³/mol. The first-order valence-corrected chi connectivity index (χ1v) is 8.36. The van der Waals surface area contributed by atoms with Gasteiger partial charge in [0.05, 0.1) is 11.9 Å². The Kier molecular flexibility index (Phi) is 4.97. The zero-order valence-corrected chi connectivity index (χ0v) is 15.0. The molecule has 1 amide bonds. The molecule has 2 heterocycles. The Balaban J connectivity index is 1.72. The molecule has 26 heavy (non-hydrogen) atoms. The molecule has 0 saturated heterocycles. The third kappa shape index (κ3) is 3.72. The van der Waals surface area contributed by atoms with Crippen molar-refractivity contribution in [1.82, 2.24) is 20.3 Å². The maximum absolute atomic E-state index is 12.4. The lowest BCUT2D eigenvalue weighted by Crippen LogP contribution is -2.26. The lowest BCUT2D eigenvalue weighted by atomic mass is 10.0. The van der Waals surface area contributed by atoms with Gasteiger partial charge in [-0.05, 0) is 24.0 Å². The molecule has 3 aromatic rings. The minimum Gasteiger partial charge on any atom is -0.443 e. The van der Waals surface area contributed by atoms with Gasteiger partial charge in [0.1, 0.15) is 12.0 Å².